The number of allylic oxidation sites excluding steroid dienone is 2. The molecule has 1 aliphatic heterocycles. The van der Waals surface area contributed by atoms with Crippen molar-refractivity contribution in [3.63, 3.8) is 0 Å². The Labute approximate surface area is 95.7 Å². The molecule has 1 saturated heterocycles. The molecule has 2 amide bonds. The highest BCUT2D eigenvalue weighted by atomic mass is 16.2. The molecule has 0 aromatic carbocycles. The number of nitrogens with zero attached hydrogens (tertiary/aromatic N) is 1. The second-order valence-corrected chi connectivity index (χ2v) is 4.48. The number of carbonyl (C=O) groups excluding carboxylic acids is 2. The quantitative estimate of drug-likeness (QED) is 0.664. The minimum absolute atomic E-state index is 0.0362. The zero-order valence-electron chi connectivity index (χ0n) is 9.61. The van der Waals surface area contributed by atoms with Crippen LogP contribution in [0.5, 0.6) is 0 Å². The van der Waals surface area contributed by atoms with Gasteiger partial charge in [0, 0.05) is 19.0 Å². The summed E-state index contributed by atoms with van der Waals surface area (Å²) in [4.78, 5) is 25.4. The van der Waals surface area contributed by atoms with E-state index < -0.39 is 0 Å². The van der Waals surface area contributed by atoms with Crippen LogP contribution in [0.25, 0.3) is 0 Å². The largest absolute Gasteiger partial charge is 0.353 e. The summed E-state index contributed by atoms with van der Waals surface area (Å²) in [6, 6.07) is -0.313. The summed E-state index contributed by atoms with van der Waals surface area (Å²) in [7, 11) is 0. The number of nitrogens with one attached hydrogen (secondary N) is 1. The Morgan fingerprint density at radius 1 is 1.50 bits per heavy atom. The fraction of sp³-hybridized carbons (Fsp3) is 0.667. The third-order valence-corrected chi connectivity index (χ3v) is 3.40. The second-order valence-electron chi connectivity index (χ2n) is 4.48. The molecule has 0 radical (unpaired) electrons. The Balaban J connectivity index is 2.02. The van der Waals surface area contributed by atoms with E-state index in [0.717, 1.165) is 19.3 Å². The highest BCUT2D eigenvalue weighted by molar-refractivity contribution is 5.89. The van der Waals surface area contributed by atoms with E-state index >= 15 is 0 Å². The Morgan fingerprint density at radius 3 is 3.00 bits per heavy atom. The summed E-state index contributed by atoms with van der Waals surface area (Å²) in [5.41, 5.74) is 0. The van der Waals surface area contributed by atoms with E-state index in [2.05, 4.69) is 17.5 Å². The lowest BCUT2D eigenvalue weighted by molar-refractivity contribution is -0.145. The summed E-state index contributed by atoms with van der Waals surface area (Å²) < 4.78 is 0. The number of carbonyl (C=O) groups is 2. The molecular weight excluding hydrogens is 204 g/mol. The minimum Gasteiger partial charge on any atom is -0.353 e. The summed E-state index contributed by atoms with van der Waals surface area (Å²) in [6.45, 7) is 3.02. The maximum absolute atomic E-state index is 12.2. The lowest BCUT2D eigenvalue weighted by Gasteiger charge is -2.35. The fourth-order valence-electron chi connectivity index (χ4n) is 2.34. The van der Waals surface area contributed by atoms with E-state index in [0.29, 0.717) is 13.1 Å². The van der Waals surface area contributed by atoms with Gasteiger partial charge in [0.1, 0.15) is 6.04 Å². The standard InChI is InChI=1S/C12H18N2O2/c1-9-11(15)13-7-8-14(9)12(16)10-5-3-2-4-6-10/h2-3,9-10H,4-8H2,1H3,(H,13,15). The lowest BCUT2D eigenvalue weighted by atomic mass is 9.92. The molecule has 0 saturated carbocycles. The van der Waals surface area contributed by atoms with Gasteiger partial charge in [-0.1, -0.05) is 12.2 Å². The van der Waals surface area contributed by atoms with Crippen LogP contribution in [-0.4, -0.2) is 35.8 Å². The number of hydrogen-bond acceptors (Lipinski definition) is 2. The third kappa shape index (κ3) is 2.10. The predicted molar refractivity (Wildman–Crippen MR) is 60.7 cm³/mol. The smallest absolute Gasteiger partial charge is 0.242 e. The van der Waals surface area contributed by atoms with Crippen molar-refractivity contribution in [2.75, 3.05) is 13.1 Å². The molecule has 1 aliphatic carbocycles. The molecule has 1 heterocycles. The SMILES string of the molecule is CC1C(=O)NCCN1C(=O)C1CC=CCC1. The summed E-state index contributed by atoms with van der Waals surface area (Å²) in [5.74, 6) is 0.191. The average molecular weight is 222 g/mol. The zero-order chi connectivity index (χ0) is 11.5. The van der Waals surface area contributed by atoms with Crippen LogP contribution in [0.2, 0.25) is 0 Å². The first-order chi connectivity index (χ1) is 7.70. The van der Waals surface area contributed by atoms with Crippen LogP contribution >= 0.6 is 0 Å². The number of amides is 2. The predicted octanol–water partition coefficient (Wildman–Crippen LogP) is 0.690. The van der Waals surface area contributed by atoms with Gasteiger partial charge in [0.25, 0.3) is 0 Å². The first-order valence-corrected chi connectivity index (χ1v) is 5.93. The van der Waals surface area contributed by atoms with Gasteiger partial charge in [-0.15, -0.1) is 0 Å². The topological polar surface area (TPSA) is 49.4 Å². The Morgan fingerprint density at radius 2 is 2.31 bits per heavy atom. The van der Waals surface area contributed by atoms with Gasteiger partial charge in [-0.05, 0) is 26.2 Å². The third-order valence-electron chi connectivity index (χ3n) is 3.40. The van der Waals surface area contributed by atoms with Crippen molar-refractivity contribution >= 4 is 11.8 Å². The number of piperazine rings is 1. The zero-order valence-corrected chi connectivity index (χ0v) is 9.61. The molecule has 0 aromatic rings. The molecule has 2 aliphatic rings. The highest BCUT2D eigenvalue weighted by Crippen LogP contribution is 2.22. The molecule has 0 aromatic heterocycles. The molecule has 1 N–H and O–H groups in total. The van der Waals surface area contributed by atoms with Crippen molar-refractivity contribution in [3.05, 3.63) is 12.2 Å². The van der Waals surface area contributed by atoms with Crippen LogP contribution in [0.1, 0.15) is 26.2 Å². The highest BCUT2D eigenvalue weighted by Gasteiger charge is 2.32. The van der Waals surface area contributed by atoms with E-state index in [1.54, 1.807) is 11.8 Å². The van der Waals surface area contributed by atoms with Gasteiger partial charge in [-0.25, -0.2) is 0 Å². The monoisotopic (exact) mass is 222 g/mol. The normalized spacial score (nSPS) is 30.1. The average Bonchev–Trinajstić information content (AvgIpc) is 2.33. The van der Waals surface area contributed by atoms with Gasteiger partial charge in [-0.2, -0.15) is 0 Å². The van der Waals surface area contributed by atoms with E-state index in [9.17, 15) is 9.59 Å². The molecule has 1 fully saturated rings. The molecule has 16 heavy (non-hydrogen) atoms. The van der Waals surface area contributed by atoms with Crippen LogP contribution in [0.4, 0.5) is 0 Å². The Bertz CT molecular complexity index is 325. The van der Waals surface area contributed by atoms with E-state index in [1.165, 1.54) is 0 Å². The van der Waals surface area contributed by atoms with Gasteiger partial charge >= 0.3 is 0 Å². The van der Waals surface area contributed by atoms with Crippen molar-refractivity contribution in [2.45, 2.75) is 32.2 Å². The van der Waals surface area contributed by atoms with Crippen LogP contribution in [0, 0.1) is 5.92 Å². The van der Waals surface area contributed by atoms with Crippen LogP contribution in [0.15, 0.2) is 12.2 Å². The molecule has 88 valence electrons. The van der Waals surface area contributed by atoms with Gasteiger partial charge in [0.15, 0.2) is 0 Å². The molecule has 2 unspecified atom stereocenters. The second kappa shape index (κ2) is 4.68. The van der Waals surface area contributed by atoms with E-state index in [1.807, 2.05) is 0 Å². The molecular formula is C12H18N2O2. The first kappa shape index (κ1) is 11.2. The van der Waals surface area contributed by atoms with Crippen molar-refractivity contribution in [2.24, 2.45) is 5.92 Å². The molecule has 0 spiro atoms. The van der Waals surface area contributed by atoms with E-state index in [4.69, 9.17) is 0 Å². The maximum atomic E-state index is 12.2. The van der Waals surface area contributed by atoms with Crippen molar-refractivity contribution < 1.29 is 9.59 Å². The molecule has 4 heteroatoms. The van der Waals surface area contributed by atoms with Gasteiger partial charge in [0.2, 0.25) is 11.8 Å². The molecule has 4 nitrogen and oxygen atoms in total. The summed E-state index contributed by atoms with van der Waals surface area (Å²) in [5, 5.41) is 2.77. The van der Waals surface area contributed by atoms with Crippen LogP contribution in [0.3, 0.4) is 0 Å². The van der Waals surface area contributed by atoms with Gasteiger partial charge in [-0.3, -0.25) is 9.59 Å². The van der Waals surface area contributed by atoms with Gasteiger partial charge < -0.3 is 10.2 Å². The van der Waals surface area contributed by atoms with Crippen LogP contribution < -0.4 is 5.32 Å². The number of rotatable bonds is 1. The van der Waals surface area contributed by atoms with Crippen LogP contribution in [-0.2, 0) is 9.59 Å². The fourth-order valence-corrected chi connectivity index (χ4v) is 2.34. The molecule has 2 atom stereocenters. The summed E-state index contributed by atoms with van der Waals surface area (Å²) >= 11 is 0. The molecule has 0 bridgehead atoms. The Kier molecular flexibility index (Phi) is 3.27. The Hall–Kier alpha value is -1.32. The number of hydrogen-bond donors (Lipinski definition) is 1. The van der Waals surface area contributed by atoms with Crippen molar-refractivity contribution in [3.8, 4) is 0 Å². The lowest BCUT2D eigenvalue weighted by Crippen LogP contribution is -2.57. The van der Waals surface area contributed by atoms with Crippen molar-refractivity contribution in [1.29, 1.82) is 0 Å². The maximum Gasteiger partial charge on any atom is 0.242 e. The minimum atomic E-state index is -0.313. The first-order valence-electron chi connectivity index (χ1n) is 5.93. The van der Waals surface area contributed by atoms with Crippen molar-refractivity contribution in [1.82, 2.24) is 10.2 Å². The van der Waals surface area contributed by atoms with Gasteiger partial charge in [0.05, 0.1) is 0 Å². The van der Waals surface area contributed by atoms with E-state index in [-0.39, 0.29) is 23.8 Å². The summed E-state index contributed by atoms with van der Waals surface area (Å²) in [6.07, 6.45) is 6.91. The molecule has 2 rings (SSSR count).